The van der Waals surface area contributed by atoms with Crippen molar-refractivity contribution >= 4 is 35.9 Å². The predicted octanol–water partition coefficient (Wildman–Crippen LogP) is 5.09. The molecule has 1 aromatic carbocycles. The number of carbonyl (C=O) groups is 2. The maximum Gasteiger partial charge on any atom is 0.418 e. The molecular formula is C24H38N4O3S. The molecule has 32 heavy (non-hydrogen) atoms. The number of hydrogen-bond donors (Lipinski definition) is 4. The summed E-state index contributed by atoms with van der Waals surface area (Å²) in [5.41, 5.74) is 8.39. The Morgan fingerprint density at radius 2 is 1.97 bits per heavy atom. The molecule has 0 radical (unpaired) electrons. The highest BCUT2D eigenvalue weighted by Gasteiger charge is 2.16. The lowest BCUT2D eigenvalue weighted by Crippen LogP contribution is -2.35. The van der Waals surface area contributed by atoms with E-state index in [0.717, 1.165) is 48.2 Å². The van der Waals surface area contributed by atoms with Crippen molar-refractivity contribution in [3.63, 3.8) is 0 Å². The molecule has 8 heteroatoms. The van der Waals surface area contributed by atoms with Crippen molar-refractivity contribution in [1.82, 2.24) is 9.44 Å². The fraction of sp³-hybridized carbons (Fsp3) is 0.500. The second-order valence-corrected chi connectivity index (χ2v) is 9.10. The molecule has 0 spiro atoms. The predicted molar refractivity (Wildman–Crippen MR) is 135 cm³/mol. The molecule has 0 bridgehead atoms. The zero-order valence-electron chi connectivity index (χ0n) is 19.9. The number of carbonyl (C=O) groups excluding carboxylic acids is 2. The van der Waals surface area contributed by atoms with Crippen LogP contribution >= 0.6 is 12.1 Å². The molecular weight excluding hydrogens is 424 g/mol. The number of benzene rings is 1. The van der Waals surface area contributed by atoms with Crippen molar-refractivity contribution in [2.75, 3.05) is 11.9 Å². The zero-order chi connectivity index (χ0) is 24.0. The molecule has 1 rings (SSSR count). The molecule has 0 saturated heterocycles. The minimum absolute atomic E-state index is 0.186. The monoisotopic (exact) mass is 462 g/mol. The van der Waals surface area contributed by atoms with Crippen LogP contribution in [0.25, 0.3) is 6.08 Å². The summed E-state index contributed by atoms with van der Waals surface area (Å²) in [5, 5.41) is 2.95. The van der Waals surface area contributed by atoms with Crippen molar-refractivity contribution in [2.24, 2.45) is 5.73 Å². The molecule has 1 unspecified atom stereocenters. The molecule has 5 N–H and O–H groups in total. The summed E-state index contributed by atoms with van der Waals surface area (Å²) in [6.07, 6.45) is 10.8. The quantitative estimate of drug-likeness (QED) is 0.196. The van der Waals surface area contributed by atoms with Gasteiger partial charge in [-0.3, -0.25) is 9.52 Å². The molecule has 0 aliphatic carbocycles. The summed E-state index contributed by atoms with van der Waals surface area (Å²) in [4.78, 5) is 24.0. The second kappa shape index (κ2) is 14.7. The molecule has 0 saturated carbocycles. The summed E-state index contributed by atoms with van der Waals surface area (Å²) in [6.45, 7) is 10.2. The number of allylic oxidation sites excluding steroid dienone is 3. The highest BCUT2D eigenvalue weighted by molar-refractivity contribution is 7.96. The van der Waals surface area contributed by atoms with Crippen LogP contribution < -0.4 is 20.5 Å². The number of ether oxygens (including phenoxy) is 1. The topological polar surface area (TPSA) is 105 Å². The van der Waals surface area contributed by atoms with Crippen LogP contribution in [0.15, 0.2) is 36.4 Å². The molecule has 0 aromatic heterocycles. The van der Waals surface area contributed by atoms with Gasteiger partial charge in [0.15, 0.2) is 0 Å². The van der Waals surface area contributed by atoms with Gasteiger partial charge in [-0.1, -0.05) is 49.8 Å². The van der Waals surface area contributed by atoms with Crippen LogP contribution in [0.2, 0.25) is 0 Å². The molecule has 1 atom stereocenters. The van der Waals surface area contributed by atoms with Gasteiger partial charge in [-0.2, -0.15) is 0 Å². The van der Waals surface area contributed by atoms with E-state index in [9.17, 15) is 9.59 Å². The Bertz CT molecular complexity index is 788. The van der Waals surface area contributed by atoms with E-state index in [-0.39, 0.29) is 5.91 Å². The Morgan fingerprint density at radius 1 is 1.22 bits per heavy atom. The molecule has 0 aliphatic rings. The summed E-state index contributed by atoms with van der Waals surface area (Å²) in [7, 11) is 0. The van der Waals surface area contributed by atoms with Crippen LogP contribution in [0.4, 0.5) is 10.5 Å². The van der Waals surface area contributed by atoms with Crippen molar-refractivity contribution < 1.29 is 14.3 Å². The van der Waals surface area contributed by atoms with Crippen molar-refractivity contribution in [3.05, 3.63) is 47.6 Å². The third-order valence-corrected chi connectivity index (χ3v) is 5.00. The van der Waals surface area contributed by atoms with E-state index in [1.54, 1.807) is 0 Å². The summed E-state index contributed by atoms with van der Waals surface area (Å²) in [5.74, 6) is -0.186. The van der Waals surface area contributed by atoms with Gasteiger partial charge in [-0.15, -0.1) is 0 Å². The first kappa shape index (κ1) is 27.7. The SMILES string of the molecule is CC/C=C/C=C\c1cccc(NC(=O)C(N)CCCCNSNC(=O)OC(C)(C)C)c1C. The van der Waals surface area contributed by atoms with Gasteiger partial charge in [-0.25, -0.2) is 9.52 Å². The van der Waals surface area contributed by atoms with Crippen LogP contribution in [-0.2, 0) is 9.53 Å². The van der Waals surface area contributed by atoms with E-state index in [0.29, 0.717) is 13.0 Å². The van der Waals surface area contributed by atoms with Gasteiger partial charge in [0.05, 0.1) is 6.04 Å². The van der Waals surface area contributed by atoms with E-state index in [2.05, 4.69) is 27.8 Å². The third-order valence-electron chi connectivity index (χ3n) is 4.38. The normalized spacial score (nSPS) is 12.8. The molecule has 1 aromatic rings. The van der Waals surface area contributed by atoms with Gasteiger partial charge in [0.25, 0.3) is 0 Å². The smallest absolute Gasteiger partial charge is 0.418 e. The molecule has 2 amide bonds. The Kier molecular flexibility index (Phi) is 12.8. The van der Waals surface area contributed by atoms with E-state index in [4.69, 9.17) is 10.5 Å². The van der Waals surface area contributed by atoms with Crippen LogP contribution in [0, 0.1) is 6.92 Å². The number of anilines is 1. The number of hydrogen-bond acceptors (Lipinski definition) is 6. The van der Waals surface area contributed by atoms with Crippen LogP contribution in [0.3, 0.4) is 0 Å². The second-order valence-electron chi connectivity index (χ2n) is 8.41. The van der Waals surface area contributed by atoms with E-state index in [1.165, 1.54) is 0 Å². The van der Waals surface area contributed by atoms with Crippen LogP contribution in [-0.4, -0.2) is 30.2 Å². The van der Waals surface area contributed by atoms with E-state index >= 15 is 0 Å². The van der Waals surface area contributed by atoms with Gasteiger partial charge in [0, 0.05) is 24.4 Å². The van der Waals surface area contributed by atoms with Gasteiger partial charge >= 0.3 is 6.09 Å². The van der Waals surface area contributed by atoms with Crippen molar-refractivity contribution in [2.45, 2.75) is 71.9 Å². The van der Waals surface area contributed by atoms with E-state index < -0.39 is 17.7 Å². The van der Waals surface area contributed by atoms with E-state index in [1.807, 2.05) is 64.1 Å². The summed E-state index contributed by atoms with van der Waals surface area (Å²) in [6, 6.07) is 5.25. The van der Waals surface area contributed by atoms with Crippen LogP contribution in [0.1, 0.15) is 64.5 Å². The first-order valence-corrected chi connectivity index (χ1v) is 11.8. The first-order valence-electron chi connectivity index (χ1n) is 11.0. The van der Waals surface area contributed by atoms with Crippen molar-refractivity contribution in [3.8, 4) is 0 Å². The Morgan fingerprint density at radius 3 is 2.66 bits per heavy atom. The van der Waals surface area contributed by atoms with Gasteiger partial charge in [0.1, 0.15) is 5.60 Å². The molecule has 178 valence electrons. The highest BCUT2D eigenvalue weighted by atomic mass is 32.2. The lowest BCUT2D eigenvalue weighted by atomic mass is 10.0. The third kappa shape index (κ3) is 11.9. The lowest BCUT2D eigenvalue weighted by Gasteiger charge is -2.19. The van der Waals surface area contributed by atoms with Gasteiger partial charge in [0.2, 0.25) is 5.91 Å². The highest BCUT2D eigenvalue weighted by Crippen LogP contribution is 2.20. The fourth-order valence-electron chi connectivity index (χ4n) is 2.69. The molecule has 0 heterocycles. The van der Waals surface area contributed by atoms with Crippen molar-refractivity contribution in [1.29, 1.82) is 0 Å². The minimum atomic E-state index is -0.575. The molecule has 0 fully saturated rings. The number of nitrogens with one attached hydrogen (secondary N) is 3. The molecule has 7 nitrogen and oxygen atoms in total. The average Bonchev–Trinajstić information content (AvgIpc) is 2.71. The first-order chi connectivity index (χ1) is 15.1. The summed E-state index contributed by atoms with van der Waals surface area (Å²) >= 11 is 1.09. The van der Waals surface area contributed by atoms with Crippen LogP contribution in [0.5, 0.6) is 0 Å². The summed E-state index contributed by atoms with van der Waals surface area (Å²) < 4.78 is 10.7. The fourth-order valence-corrected chi connectivity index (χ4v) is 3.13. The van der Waals surface area contributed by atoms with Gasteiger partial charge in [-0.05, 0) is 64.2 Å². The maximum absolute atomic E-state index is 12.5. The maximum atomic E-state index is 12.5. The lowest BCUT2D eigenvalue weighted by molar-refractivity contribution is -0.117. The Hall–Kier alpha value is -2.29. The number of rotatable bonds is 12. The zero-order valence-corrected chi connectivity index (χ0v) is 20.7. The Labute approximate surface area is 196 Å². The minimum Gasteiger partial charge on any atom is -0.443 e. The van der Waals surface area contributed by atoms with Gasteiger partial charge < -0.3 is 15.8 Å². The molecule has 0 aliphatic heterocycles. The average molecular weight is 463 g/mol. The largest absolute Gasteiger partial charge is 0.443 e. The standard InChI is InChI=1S/C24H38N4O3S/c1-6-7-8-9-13-19-14-12-16-21(18(19)2)27-22(29)20(25)15-10-11-17-26-32-28-23(30)31-24(3,4)5/h7-9,12-14,16,20,26H,6,10-11,15,17,25H2,1-5H3,(H,27,29)(H,28,30)/b8-7+,13-9-. The number of unbranched alkanes of at least 4 members (excludes halogenated alkanes) is 1. The number of amides is 2. The Balaban J connectivity index is 2.33. The number of nitrogens with two attached hydrogens (primary N) is 1.